The van der Waals surface area contributed by atoms with Crippen LogP contribution >= 0.6 is 0 Å². The molecular weight excluding hydrogens is 510 g/mol. The van der Waals surface area contributed by atoms with E-state index in [0.717, 1.165) is 33.2 Å². The summed E-state index contributed by atoms with van der Waals surface area (Å²) in [4.78, 5) is 15.1. The lowest BCUT2D eigenvalue weighted by Crippen LogP contribution is -2.00. The van der Waals surface area contributed by atoms with E-state index in [9.17, 15) is 0 Å². The Morgan fingerprint density at radius 3 is 1.64 bits per heavy atom. The molecule has 0 saturated carbocycles. The van der Waals surface area contributed by atoms with Crippen LogP contribution in [0, 0.1) is 0 Å². The van der Waals surface area contributed by atoms with Crippen LogP contribution < -0.4 is 0 Å². The average molecular weight is 536 g/mol. The van der Waals surface area contributed by atoms with Crippen molar-refractivity contribution in [1.82, 2.24) is 15.0 Å². The average Bonchev–Trinajstić information content (AvgIpc) is 3.08. The maximum absolute atomic E-state index is 5.09. The van der Waals surface area contributed by atoms with Crippen LogP contribution in [0.1, 0.15) is 0 Å². The van der Waals surface area contributed by atoms with Gasteiger partial charge in [-0.1, -0.05) is 146 Å². The largest absolute Gasteiger partial charge is 0.208 e. The fraction of sp³-hybridized carbons (Fsp3) is 0. The van der Waals surface area contributed by atoms with Crippen molar-refractivity contribution in [3.05, 3.63) is 152 Å². The van der Waals surface area contributed by atoms with Crippen LogP contribution in [0.5, 0.6) is 0 Å². The lowest BCUT2D eigenvalue weighted by atomic mass is 9.95. The highest BCUT2D eigenvalue weighted by molar-refractivity contribution is 6.19. The highest BCUT2D eigenvalue weighted by Gasteiger charge is 2.16. The van der Waals surface area contributed by atoms with Gasteiger partial charge < -0.3 is 0 Å². The van der Waals surface area contributed by atoms with Crippen molar-refractivity contribution in [2.45, 2.75) is 0 Å². The van der Waals surface area contributed by atoms with E-state index in [1.54, 1.807) is 0 Å². The van der Waals surface area contributed by atoms with Crippen molar-refractivity contribution in [1.29, 1.82) is 0 Å². The second-order valence-electron chi connectivity index (χ2n) is 10.5. The SMILES string of the molecule is c1ccc(-c2cccc(-c3nc(-c4ccccc4)nc(-c4cccc5c4ccc4c6ccccc6ccc54)n3)c2)cc1. The minimum absolute atomic E-state index is 0.653. The monoisotopic (exact) mass is 535 g/mol. The first-order valence-corrected chi connectivity index (χ1v) is 14.1. The molecule has 3 heteroatoms. The molecule has 0 saturated heterocycles. The summed E-state index contributed by atoms with van der Waals surface area (Å²) < 4.78 is 0. The van der Waals surface area contributed by atoms with Gasteiger partial charge in [-0.3, -0.25) is 0 Å². The summed E-state index contributed by atoms with van der Waals surface area (Å²) in [6.07, 6.45) is 0. The summed E-state index contributed by atoms with van der Waals surface area (Å²) in [6.45, 7) is 0. The van der Waals surface area contributed by atoms with Gasteiger partial charge in [0.1, 0.15) is 0 Å². The number of nitrogens with zero attached hydrogens (tertiary/aromatic N) is 3. The predicted molar refractivity (Wildman–Crippen MR) is 174 cm³/mol. The smallest absolute Gasteiger partial charge is 0.164 e. The topological polar surface area (TPSA) is 38.7 Å². The first-order valence-electron chi connectivity index (χ1n) is 14.1. The van der Waals surface area contributed by atoms with Crippen LogP contribution in [0.4, 0.5) is 0 Å². The van der Waals surface area contributed by atoms with E-state index in [1.807, 2.05) is 36.4 Å². The molecule has 196 valence electrons. The Kier molecular flexibility index (Phi) is 5.79. The van der Waals surface area contributed by atoms with E-state index in [-0.39, 0.29) is 0 Å². The number of hydrogen-bond acceptors (Lipinski definition) is 3. The zero-order valence-corrected chi connectivity index (χ0v) is 22.8. The zero-order valence-electron chi connectivity index (χ0n) is 22.8. The quantitative estimate of drug-likeness (QED) is 0.211. The molecular formula is C39H25N3. The summed E-state index contributed by atoms with van der Waals surface area (Å²) >= 11 is 0. The first-order chi connectivity index (χ1) is 20.8. The Morgan fingerprint density at radius 2 is 0.810 bits per heavy atom. The third-order valence-electron chi connectivity index (χ3n) is 7.92. The molecule has 42 heavy (non-hydrogen) atoms. The maximum atomic E-state index is 5.09. The second-order valence-corrected chi connectivity index (χ2v) is 10.5. The Labute approximate surface area is 243 Å². The van der Waals surface area contributed by atoms with E-state index >= 15 is 0 Å². The first kappa shape index (κ1) is 24.2. The molecule has 3 nitrogen and oxygen atoms in total. The molecule has 0 bridgehead atoms. The molecule has 0 aliphatic rings. The minimum Gasteiger partial charge on any atom is -0.208 e. The molecule has 0 aliphatic heterocycles. The van der Waals surface area contributed by atoms with Crippen LogP contribution in [-0.2, 0) is 0 Å². The standard InChI is InChI=1S/C39H25N3/c1-3-11-26(12-4-1)29-16-9-17-30(25-29)38-40-37(28-14-5-2-6-15-28)41-39(42-38)36-20-10-19-32-34-22-21-27-13-7-8-18-31(27)33(34)23-24-35(32)36/h1-25H. The molecule has 0 N–H and O–H groups in total. The summed E-state index contributed by atoms with van der Waals surface area (Å²) in [6, 6.07) is 52.8. The van der Waals surface area contributed by atoms with Gasteiger partial charge in [0.25, 0.3) is 0 Å². The Hall–Kier alpha value is -5.67. The van der Waals surface area contributed by atoms with Crippen molar-refractivity contribution in [2.75, 3.05) is 0 Å². The molecule has 8 rings (SSSR count). The number of fused-ring (bicyclic) bond motifs is 5. The van der Waals surface area contributed by atoms with Gasteiger partial charge in [0.2, 0.25) is 0 Å². The lowest BCUT2D eigenvalue weighted by molar-refractivity contribution is 1.08. The van der Waals surface area contributed by atoms with Gasteiger partial charge in [0.15, 0.2) is 17.5 Å². The van der Waals surface area contributed by atoms with Crippen molar-refractivity contribution in [3.63, 3.8) is 0 Å². The molecule has 0 unspecified atom stereocenters. The van der Waals surface area contributed by atoms with Crippen LogP contribution in [-0.4, -0.2) is 15.0 Å². The third-order valence-corrected chi connectivity index (χ3v) is 7.92. The second kappa shape index (κ2) is 10.1. The fourth-order valence-electron chi connectivity index (χ4n) is 5.86. The molecule has 0 atom stereocenters. The van der Waals surface area contributed by atoms with E-state index in [0.29, 0.717) is 17.5 Å². The van der Waals surface area contributed by atoms with Gasteiger partial charge in [-0.25, -0.2) is 15.0 Å². The van der Waals surface area contributed by atoms with Gasteiger partial charge in [0.05, 0.1) is 0 Å². The molecule has 8 aromatic rings. The Morgan fingerprint density at radius 1 is 0.286 bits per heavy atom. The lowest BCUT2D eigenvalue weighted by Gasteiger charge is -2.13. The summed E-state index contributed by atoms with van der Waals surface area (Å²) in [7, 11) is 0. The van der Waals surface area contributed by atoms with Gasteiger partial charge in [-0.15, -0.1) is 0 Å². The van der Waals surface area contributed by atoms with Crippen LogP contribution in [0.2, 0.25) is 0 Å². The number of rotatable bonds is 4. The molecule has 0 aliphatic carbocycles. The van der Waals surface area contributed by atoms with Crippen molar-refractivity contribution in [2.24, 2.45) is 0 Å². The van der Waals surface area contributed by atoms with Gasteiger partial charge in [-0.2, -0.15) is 0 Å². The normalized spacial score (nSPS) is 11.3. The fourth-order valence-corrected chi connectivity index (χ4v) is 5.86. The van der Waals surface area contributed by atoms with Crippen LogP contribution in [0.15, 0.2) is 152 Å². The van der Waals surface area contributed by atoms with Crippen molar-refractivity contribution in [3.8, 4) is 45.3 Å². The molecule has 0 fully saturated rings. The molecule has 1 aromatic heterocycles. The van der Waals surface area contributed by atoms with E-state index < -0.39 is 0 Å². The van der Waals surface area contributed by atoms with Crippen LogP contribution in [0.25, 0.3) is 77.6 Å². The Bertz CT molecular complexity index is 2240. The number of benzene rings is 7. The summed E-state index contributed by atoms with van der Waals surface area (Å²) in [5, 5.41) is 7.28. The number of aromatic nitrogens is 3. The molecule has 1 heterocycles. The molecule has 0 amide bonds. The van der Waals surface area contributed by atoms with E-state index in [2.05, 4.69) is 115 Å². The maximum Gasteiger partial charge on any atom is 0.164 e. The molecule has 7 aromatic carbocycles. The van der Waals surface area contributed by atoms with Crippen molar-refractivity contribution >= 4 is 32.3 Å². The minimum atomic E-state index is 0.653. The summed E-state index contributed by atoms with van der Waals surface area (Å²) in [5.41, 5.74) is 5.18. The predicted octanol–water partition coefficient (Wildman–Crippen LogP) is 10.00. The highest BCUT2D eigenvalue weighted by atomic mass is 15.0. The Balaban J connectivity index is 1.35. The highest BCUT2D eigenvalue weighted by Crippen LogP contribution is 2.36. The molecule has 0 spiro atoms. The van der Waals surface area contributed by atoms with Crippen molar-refractivity contribution < 1.29 is 0 Å². The van der Waals surface area contributed by atoms with E-state index in [1.165, 1.54) is 26.9 Å². The zero-order chi connectivity index (χ0) is 27.9. The van der Waals surface area contributed by atoms with Gasteiger partial charge >= 0.3 is 0 Å². The van der Waals surface area contributed by atoms with Gasteiger partial charge in [-0.05, 0) is 49.5 Å². The van der Waals surface area contributed by atoms with Crippen LogP contribution in [0.3, 0.4) is 0 Å². The molecule has 0 radical (unpaired) electrons. The van der Waals surface area contributed by atoms with Gasteiger partial charge in [0, 0.05) is 16.7 Å². The summed E-state index contributed by atoms with van der Waals surface area (Å²) in [5.74, 6) is 1.97. The number of hydrogen-bond donors (Lipinski definition) is 0. The van der Waals surface area contributed by atoms with E-state index in [4.69, 9.17) is 15.0 Å². The third kappa shape index (κ3) is 4.20.